The molecular formula is C16H30N4O. The van der Waals surface area contributed by atoms with Gasteiger partial charge in [-0.2, -0.15) is 0 Å². The smallest absolute Gasteiger partial charge is 0.318 e. The molecule has 0 aromatic carbocycles. The Morgan fingerprint density at radius 3 is 2.48 bits per heavy atom. The quantitative estimate of drug-likeness (QED) is 0.872. The predicted octanol–water partition coefficient (Wildman–Crippen LogP) is 3.36. The lowest BCUT2D eigenvalue weighted by Crippen LogP contribution is -2.36. The van der Waals surface area contributed by atoms with Crippen LogP contribution < -0.4 is 10.2 Å². The Morgan fingerprint density at radius 2 is 1.90 bits per heavy atom. The Labute approximate surface area is 128 Å². The summed E-state index contributed by atoms with van der Waals surface area (Å²) in [7, 11) is 0. The molecule has 0 atom stereocenters. The minimum Gasteiger partial charge on any atom is -0.407 e. The summed E-state index contributed by atoms with van der Waals surface area (Å²) in [4.78, 5) is 2.32. The molecule has 21 heavy (non-hydrogen) atoms. The van der Waals surface area contributed by atoms with Gasteiger partial charge in [-0.15, -0.1) is 5.10 Å². The second-order valence-corrected chi connectivity index (χ2v) is 7.57. The summed E-state index contributed by atoms with van der Waals surface area (Å²) in [6, 6.07) is 1.26. The first kappa shape index (κ1) is 16.3. The molecule has 0 unspecified atom stereocenters. The van der Waals surface area contributed by atoms with E-state index in [4.69, 9.17) is 4.42 Å². The van der Waals surface area contributed by atoms with Crippen molar-refractivity contribution in [1.82, 2.24) is 15.5 Å². The summed E-state index contributed by atoms with van der Waals surface area (Å²) in [5.74, 6) is 1.26. The van der Waals surface area contributed by atoms with Crippen LogP contribution in [0.4, 0.5) is 6.01 Å². The maximum atomic E-state index is 5.90. The highest BCUT2D eigenvalue weighted by molar-refractivity contribution is 5.27. The van der Waals surface area contributed by atoms with Gasteiger partial charge in [0.1, 0.15) is 0 Å². The molecule has 1 aliphatic rings. The van der Waals surface area contributed by atoms with E-state index in [-0.39, 0.29) is 5.54 Å². The van der Waals surface area contributed by atoms with Crippen LogP contribution in [0.3, 0.4) is 0 Å². The molecule has 120 valence electrons. The SMILES string of the molecule is CC(C)CN(c1nnc(CNC(C)(C)C)o1)C1CCCC1. The molecule has 0 spiro atoms. The Kier molecular flexibility index (Phi) is 5.25. The lowest BCUT2D eigenvalue weighted by Gasteiger charge is -2.28. The van der Waals surface area contributed by atoms with E-state index in [1.165, 1.54) is 25.7 Å². The molecule has 1 fully saturated rings. The van der Waals surface area contributed by atoms with Crippen LogP contribution in [0.5, 0.6) is 0 Å². The van der Waals surface area contributed by atoms with Gasteiger partial charge in [-0.1, -0.05) is 31.8 Å². The number of hydrogen-bond donors (Lipinski definition) is 1. The first-order valence-corrected chi connectivity index (χ1v) is 8.19. The van der Waals surface area contributed by atoms with Gasteiger partial charge in [0.15, 0.2) is 0 Å². The van der Waals surface area contributed by atoms with Crippen molar-refractivity contribution < 1.29 is 4.42 Å². The number of nitrogens with zero attached hydrogens (tertiary/aromatic N) is 3. The Morgan fingerprint density at radius 1 is 1.24 bits per heavy atom. The van der Waals surface area contributed by atoms with E-state index in [1.54, 1.807) is 0 Å². The van der Waals surface area contributed by atoms with Crippen molar-refractivity contribution >= 4 is 6.01 Å². The summed E-state index contributed by atoms with van der Waals surface area (Å²) in [6.07, 6.45) is 5.10. The predicted molar refractivity (Wildman–Crippen MR) is 85.3 cm³/mol. The third kappa shape index (κ3) is 4.99. The van der Waals surface area contributed by atoms with Gasteiger partial charge in [-0.25, -0.2) is 0 Å². The van der Waals surface area contributed by atoms with Crippen molar-refractivity contribution in [2.45, 2.75) is 78.4 Å². The van der Waals surface area contributed by atoms with Crippen LogP contribution in [-0.4, -0.2) is 28.3 Å². The minimum absolute atomic E-state index is 0.0533. The van der Waals surface area contributed by atoms with Crippen LogP contribution in [0.15, 0.2) is 4.42 Å². The van der Waals surface area contributed by atoms with Crippen molar-refractivity contribution in [3.05, 3.63) is 5.89 Å². The van der Waals surface area contributed by atoms with Crippen molar-refractivity contribution in [2.24, 2.45) is 5.92 Å². The molecule has 0 saturated heterocycles. The molecule has 1 aromatic heterocycles. The van der Waals surface area contributed by atoms with Gasteiger partial charge in [-0.05, 0) is 39.5 Å². The molecule has 2 rings (SSSR count). The zero-order valence-corrected chi connectivity index (χ0v) is 14.1. The molecule has 1 aromatic rings. The lowest BCUT2D eigenvalue weighted by molar-refractivity contribution is 0.375. The van der Waals surface area contributed by atoms with Gasteiger partial charge < -0.3 is 14.6 Å². The van der Waals surface area contributed by atoms with Crippen LogP contribution in [0, 0.1) is 5.92 Å². The standard InChI is InChI=1S/C16H30N4O/c1-12(2)11-20(13-8-6-7-9-13)15-19-18-14(21-15)10-17-16(3,4)5/h12-13,17H,6-11H2,1-5H3. The number of anilines is 1. The van der Waals surface area contributed by atoms with Crippen LogP contribution in [-0.2, 0) is 6.54 Å². The highest BCUT2D eigenvalue weighted by Crippen LogP contribution is 2.28. The van der Waals surface area contributed by atoms with Gasteiger partial charge in [0.05, 0.1) is 6.54 Å². The maximum absolute atomic E-state index is 5.90. The fourth-order valence-corrected chi connectivity index (χ4v) is 2.77. The van der Waals surface area contributed by atoms with Gasteiger partial charge >= 0.3 is 6.01 Å². The normalized spacial score (nSPS) is 16.9. The Bertz CT molecular complexity index is 430. The number of hydrogen-bond acceptors (Lipinski definition) is 5. The molecule has 1 aliphatic carbocycles. The summed E-state index contributed by atoms with van der Waals surface area (Å²) in [6.45, 7) is 12.5. The second kappa shape index (κ2) is 6.77. The van der Waals surface area contributed by atoms with E-state index >= 15 is 0 Å². The number of aromatic nitrogens is 2. The average molecular weight is 294 g/mol. The van der Waals surface area contributed by atoms with Gasteiger partial charge in [0.25, 0.3) is 0 Å². The van der Waals surface area contributed by atoms with Crippen LogP contribution in [0.25, 0.3) is 0 Å². The molecular weight excluding hydrogens is 264 g/mol. The largest absolute Gasteiger partial charge is 0.407 e. The van der Waals surface area contributed by atoms with Crippen molar-refractivity contribution in [3.8, 4) is 0 Å². The monoisotopic (exact) mass is 294 g/mol. The van der Waals surface area contributed by atoms with E-state index in [9.17, 15) is 0 Å². The molecule has 1 N–H and O–H groups in total. The number of nitrogens with one attached hydrogen (secondary N) is 1. The number of rotatable bonds is 6. The first-order valence-electron chi connectivity index (χ1n) is 8.19. The van der Waals surface area contributed by atoms with Crippen LogP contribution in [0.2, 0.25) is 0 Å². The molecule has 5 heteroatoms. The molecule has 5 nitrogen and oxygen atoms in total. The van der Waals surface area contributed by atoms with Crippen molar-refractivity contribution in [2.75, 3.05) is 11.4 Å². The van der Waals surface area contributed by atoms with Crippen LogP contribution in [0.1, 0.15) is 66.2 Å². The maximum Gasteiger partial charge on any atom is 0.318 e. The Hall–Kier alpha value is -1.10. The highest BCUT2D eigenvalue weighted by Gasteiger charge is 2.27. The van der Waals surface area contributed by atoms with Gasteiger partial charge in [-0.3, -0.25) is 0 Å². The fourth-order valence-electron chi connectivity index (χ4n) is 2.77. The van der Waals surface area contributed by atoms with E-state index in [0.29, 0.717) is 30.4 Å². The summed E-state index contributed by atoms with van der Waals surface area (Å²) < 4.78 is 5.90. The topological polar surface area (TPSA) is 54.2 Å². The Balaban J connectivity index is 2.04. The molecule has 1 saturated carbocycles. The third-order valence-corrected chi connectivity index (χ3v) is 3.80. The van der Waals surface area contributed by atoms with Crippen LogP contribution >= 0.6 is 0 Å². The first-order chi connectivity index (χ1) is 9.85. The van der Waals surface area contributed by atoms with Gasteiger partial charge in [0, 0.05) is 18.1 Å². The second-order valence-electron chi connectivity index (χ2n) is 7.57. The molecule has 1 heterocycles. The summed E-state index contributed by atoms with van der Waals surface area (Å²) in [5.41, 5.74) is 0.0533. The van der Waals surface area contributed by atoms with E-state index < -0.39 is 0 Å². The van der Waals surface area contributed by atoms with Gasteiger partial charge in [0.2, 0.25) is 5.89 Å². The molecule has 0 bridgehead atoms. The molecule has 0 aliphatic heterocycles. The average Bonchev–Trinajstić information content (AvgIpc) is 3.04. The summed E-state index contributed by atoms with van der Waals surface area (Å²) >= 11 is 0. The van der Waals surface area contributed by atoms with E-state index in [0.717, 1.165) is 6.54 Å². The third-order valence-electron chi connectivity index (χ3n) is 3.80. The van der Waals surface area contributed by atoms with Crippen molar-refractivity contribution in [3.63, 3.8) is 0 Å². The molecule has 0 amide bonds. The lowest BCUT2D eigenvalue weighted by atomic mass is 10.1. The highest BCUT2D eigenvalue weighted by atomic mass is 16.4. The fraction of sp³-hybridized carbons (Fsp3) is 0.875. The van der Waals surface area contributed by atoms with Crippen molar-refractivity contribution in [1.29, 1.82) is 0 Å². The summed E-state index contributed by atoms with van der Waals surface area (Å²) in [5, 5.41) is 11.9. The molecule has 0 radical (unpaired) electrons. The minimum atomic E-state index is 0.0533. The zero-order valence-electron chi connectivity index (χ0n) is 14.1. The van der Waals surface area contributed by atoms with E-state index in [1.807, 2.05) is 0 Å². The zero-order chi connectivity index (χ0) is 15.5. The van der Waals surface area contributed by atoms with E-state index in [2.05, 4.69) is 55.0 Å².